The van der Waals surface area contributed by atoms with Gasteiger partial charge in [-0.25, -0.2) is 0 Å². The summed E-state index contributed by atoms with van der Waals surface area (Å²) >= 11 is 0. The summed E-state index contributed by atoms with van der Waals surface area (Å²) in [6.45, 7) is 1.09. The van der Waals surface area contributed by atoms with Crippen LogP contribution in [0.2, 0.25) is 0 Å². The molecule has 0 radical (unpaired) electrons. The van der Waals surface area contributed by atoms with Crippen molar-refractivity contribution in [2.45, 2.75) is 25.1 Å². The molecular weight excluding hydrogens is 229 g/mol. The third-order valence-corrected chi connectivity index (χ3v) is 2.17. The lowest BCUT2D eigenvalue weighted by atomic mass is 10.0. The monoisotopic (exact) mass is 239 g/mol. The molecule has 90 valence electrons. The Kier molecular flexibility index (Phi) is 3.23. The molecule has 2 N–H and O–H groups in total. The van der Waals surface area contributed by atoms with E-state index in [1.165, 1.54) is 0 Å². The lowest BCUT2D eigenvalue weighted by Gasteiger charge is -2.20. The van der Waals surface area contributed by atoms with Crippen molar-refractivity contribution in [3.05, 3.63) is 35.4 Å². The summed E-state index contributed by atoms with van der Waals surface area (Å²) < 4.78 is 63.1. The molecule has 0 heterocycles. The molecular formula is C10H10F5N. The molecule has 0 aliphatic heterocycles. The molecule has 1 rings (SSSR count). The van der Waals surface area contributed by atoms with Crippen LogP contribution in [0.1, 0.15) is 18.1 Å². The highest BCUT2D eigenvalue weighted by molar-refractivity contribution is 5.28. The molecule has 1 atom stereocenters. The summed E-state index contributed by atoms with van der Waals surface area (Å²) in [5.74, 6) is -3.33. The Bertz CT molecular complexity index is 352. The number of nitrogens with two attached hydrogens (primary N) is 1. The molecule has 0 amide bonds. The predicted octanol–water partition coefficient (Wildman–Crippen LogP) is 3.14. The van der Waals surface area contributed by atoms with Crippen LogP contribution in [-0.4, -0.2) is 6.04 Å². The van der Waals surface area contributed by atoms with Crippen LogP contribution in [0.15, 0.2) is 24.3 Å². The van der Waals surface area contributed by atoms with Gasteiger partial charge in [0.15, 0.2) is 0 Å². The van der Waals surface area contributed by atoms with Gasteiger partial charge in [0.2, 0.25) is 0 Å². The van der Waals surface area contributed by atoms with Gasteiger partial charge in [-0.1, -0.05) is 12.1 Å². The van der Waals surface area contributed by atoms with Gasteiger partial charge in [0.25, 0.3) is 5.92 Å². The second kappa shape index (κ2) is 4.01. The number of rotatable bonds is 2. The number of benzene rings is 1. The van der Waals surface area contributed by atoms with E-state index in [2.05, 4.69) is 0 Å². The molecule has 0 spiro atoms. The molecule has 1 nitrogen and oxygen atoms in total. The highest BCUT2D eigenvalue weighted by Gasteiger charge is 2.37. The van der Waals surface area contributed by atoms with E-state index < -0.39 is 29.3 Å². The minimum absolute atomic E-state index is 0.518. The molecule has 0 saturated heterocycles. The van der Waals surface area contributed by atoms with Crippen molar-refractivity contribution in [3.63, 3.8) is 0 Å². The normalized spacial score (nSPS) is 14.9. The van der Waals surface area contributed by atoms with Gasteiger partial charge >= 0.3 is 6.18 Å². The van der Waals surface area contributed by atoms with E-state index >= 15 is 0 Å². The first-order chi connectivity index (χ1) is 7.15. The highest BCUT2D eigenvalue weighted by atomic mass is 19.4. The predicted molar refractivity (Wildman–Crippen MR) is 49.0 cm³/mol. The third-order valence-electron chi connectivity index (χ3n) is 2.17. The summed E-state index contributed by atoms with van der Waals surface area (Å²) in [7, 11) is 0. The summed E-state index contributed by atoms with van der Waals surface area (Å²) in [6, 6.07) is 1.26. The Balaban J connectivity index is 3.05. The van der Waals surface area contributed by atoms with E-state index in [0.29, 0.717) is 12.1 Å². The second-order valence-corrected chi connectivity index (χ2v) is 3.49. The first kappa shape index (κ1) is 12.9. The molecule has 0 aliphatic carbocycles. The van der Waals surface area contributed by atoms with Crippen molar-refractivity contribution in [1.29, 1.82) is 0 Å². The van der Waals surface area contributed by atoms with Crippen LogP contribution in [-0.2, 0) is 12.1 Å². The smallest absolute Gasteiger partial charge is 0.323 e. The van der Waals surface area contributed by atoms with E-state index in [0.717, 1.165) is 19.1 Å². The van der Waals surface area contributed by atoms with Crippen molar-refractivity contribution in [1.82, 2.24) is 0 Å². The van der Waals surface area contributed by atoms with Crippen molar-refractivity contribution in [2.24, 2.45) is 5.73 Å². The first-order valence-corrected chi connectivity index (χ1v) is 4.47. The van der Waals surface area contributed by atoms with Crippen LogP contribution >= 0.6 is 0 Å². The topological polar surface area (TPSA) is 26.0 Å². The maximum absolute atomic E-state index is 13.3. The van der Waals surface area contributed by atoms with Crippen LogP contribution in [0.5, 0.6) is 0 Å². The Hall–Kier alpha value is -1.17. The maximum atomic E-state index is 13.3. The summed E-state index contributed by atoms with van der Waals surface area (Å²) in [6.07, 6.45) is -4.53. The minimum Gasteiger partial charge on any atom is -0.323 e. The fraction of sp³-hybridized carbons (Fsp3) is 0.400. The Morgan fingerprint density at radius 2 is 1.31 bits per heavy atom. The van der Waals surface area contributed by atoms with Gasteiger partial charge in [-0.2, -0.15) is 22.0 Å². The van der Waals surface area contributed by atoms with Crippen molar-refractivity contribution < 1.29 is 22.0 Å². The van der Waals surface area contributed by atoms with Gasteiger partial charge in [0.1, 0.15) is 0 Å². The third kappa shape index (κ3) is 2.49. The van der Waals surface area contributed by atoms with Gasteiger partial charge in [-0.15, -0.1) is 0 Å². The SMILES string of the molecule is CC(N)C(F)(F)c1ccc(C(F)(F)F)cc1. The lowest BCUT2D eigenvalue weighted by Crippen LogP contribution is -2.35. The van der Waals surface area contributed by atoms with Gasteiger partial charge in [-0.05, 0) is 19.1 Å². The fourth-order valence-electron chi connectivity index (χ4n) is 1.14. The molecule has 1 unspecified atom stereocenters. The molecule has 16 heavy (non-hydrogen) atoms. The molecule has 0 aromatic heterocycles. The molecule has 0 aliphatic rings. The van der Waals surface area contributed by atoms with Gasteiger partial charge in [-0.3, -0.25) is 0 Å². The molecule has 1 aromatic rings. The number of alkyl halides is 5. The first-order valence-electron chi connectivity index (χ1n) is 4.47. The van der Waals surface area contributed by atoms with E-state index in [1.54, 1.807) is 0 Å². The number of hydrogen-bond acceptors (Lipinski definition) is 1. The van der Waals surface area contributed by atoms with Crippen molar-refractivity contribution in [2.75, 3.05) is 0 Å². The molecule has 0 fully saturated rings. The average Bonchev–Trinajstić information content (AvgIpc) is 2.16. The minimum atomic E-state index is -4.53. The molecule has 0 saturated carbocycles. The van der Waals surface area contributed by atoms with Crippen LogP contribution in [0.3, 0.4) is 0 Å². The average molecular weight is 239 g/mol. The lowest BCUT2D eigenvalue weighted by molar-refractivity contribution is -0.137. The zero-order chi connectivity index (χ0) is 12.6. The number of halogens is 5. The zero-order valence-electron chi connectivity index (χ0n) is 8.35. The van der Waals surface area contributed by atoms with Crippen molar-refractivity contribution >= 4 is 0 Å². The van der Waals surface area contributed by atoms with Gasteiger partial charge in [0.05, 0.1) is 11.6 Å². The maximum Gasteiger partial charge on any atom is 0.416 e. The molecule has 1 aromatic carbocycles. The fourth-order valence-corrected chi connectivity index (χ4v) is 1.14. The van der Waals surface area contributed by atoms with E-state index in [9.17, 15) is 22.0 Å². The quantitative estimate of drug-likeness (QED) is 0.788. The van der Waals surface area contributed by atoms with E-state index in [4.69, 9.17) is 5.73 Å². The van der Waals surface area contributed by atoms with Crippen LogP contribution in [0.4, 0.5) is 22.0 Å². The summed E-state index contributed by atoms with van der Waals surface area (Å²) in [4.78, 5) is 0. The van der Waals surface area contributed by atoms with Crippen LogP contribution < -0.4 is 5.73 Å². The van der Waals surface area contributed by atoms with E-state index in [-0.39, 0.29) is 0 Å². The van der Waals surface area contributed by atoms with Crippen molar-refractivity contribution in [3.8, 4) is 0 Å². The van der Waals surface area contributed by atoms with E-state index in [1.807, 2.05) is 0 Å². The largest absolute Gasteiger partial charge is 0.416 e. The molecule has 6 heteroatoms. The van der Waals surface area contributed by atoms with Crippen LogP contribution in [0.25, 0.3) is 0 Å². The number of hydrogen-bond donors (Lipinski definition) is 1. The van der Waals surface area contributed by atoms with Gasteiger partial charge in [0, 0.05) is 5.56 Å². The Labute approximate surface area is 89.1 Å². The zero-order valence-corrected chi connectivity index (χ0v) is 8.35. The highest BCUT2D eigenvalue weighted by Crippen LogP contribution is 2.34. The standard InChI is InChI=1S/C10H10F5N/c1-6(16)9(11,12)7-2-4-8(5-3-7)10(13,14)15/h2-6H,16H2,1H3. The summed E-state index contributed by atoms with van der Waals surface area (Å²) in [5.41, 5.74) is 3.57. The van der Waals surface area contributed by atoms with Gasteiger partial charge < -0.3 is 5.73 Å². The Morgan fingerprint density at radius 3 is 1.62 bits per heavy atom. The molecule has 0 bridgehead atoms. The Morgan fingerprint density at radius 1 is 0.938 bits per heavy atom. The second-order valence-electron chi connectivity index (χ2n) is 3.49. The van der Waals surface area contributed by atoms with Crippen LogP contribution in [0, 0.1) is 0 Å². The summed E-state index contributed by atoms with van der Waals surface area (Å²) in [5, 5.41) is 0.